The van der Waals surface area contributed by atoms with Crippen LogP contribution in [0.5, 0.6) is 11.5 Å². The Kier molecular flexibility index (Phi) is 6.68. The topological polar surface area (TPSA) is 66.8 Å². The number of aliphatic carboxylic acids is 1. The molecule has 7 heteroatoms. The van der Waals surface area contributed by atoms with Gasteiger partial charge in [-0.25, -0.2) is 13.6 Å². The molecule has 0 bridgehead atoms. The fourth-order valence-corrected chi connectivity index (χ4v) is 4.31. The van der Waals surface area contributed by atoms with Gasteiger partial charge in [0, 0.05) is 17.4 Å². The molecule has 1 aliphatic carbocycles. The highest BCUT2D eigenvalue weighted by Crippen LogP contribution is 2.51. The average Bonchev–Trinajstić information content (AvgIpc) is 3.63. The third kappa shape index (κ3) is 5.02. The quantitative estimate of drug-likeness (QED) is 0.391. The molecule has 0 unspecified atom stereocenters. The molecule has 2 N–H and O–H groups in total. The van der Waals surface area contributed by atoms with E-state index in [1.807, 2.05) is 0 Å². The van der Waals surface area contributed by atoms with Crippen LogP contribution >= 0.6 is 11.6 Å². The Morgan fingerprint density at radius 2 is 1.76 bits per heavy atom. The number of aliphatic hydroxyl groups excluding tert-OH is 1. The van der Waals surface area contributed by atoms with Crippen molar-refractivity contribution in [2.24, 2.45) is 5.92 Å². The van der Waals surface area contributed by atoms with Gasteiger partial charge in [0.05, 0.1) is 0 Å². The fraction of sp³-hybridized carbons (Fsp3) is 0.269. The van der Waals surface area contributed by atoms with Crippen molar-refractivity contribution in [2.45, 2.75) is 37.0 Å². The van der Waals surface area contributed by atoms with Crippen LogP contribution in [-0.4, -0.2) is 28.0 Å². The van der Waals surface area contributed by atoms with E-state index in [4.69, 9.17) is 16.3 Å². The highest BCUT2D eigenvalue weighted by molar-refractivity contribution is 6.30. The average molecular weight is 473 g/mol. The summed E-state index contributed by atoms with van der Waals surface area (Å²) in [5.41, 5.74) is -2.12. The first-order chi connectivity index (χ1) is 15.8. The fourth-order valence-electron chi connectivity index (χ4n) is 4.18. The number of alkyl halides is 1. The SMILES string of the molecule is O=C(O)[C@](F)([C@H](O)Cc1ccc(F)c(Oc2ccccc2)c1)[C@@H](c1ccc(Cl)cc1)C1CC1. The lowest BCUT2D eigenvalue weighted by atomic mass is 9.75. The van der Waals surface area contributed by atoms with Crippen molar-refractivity contribution in [3.05, 3.63) is 94.8 Å². The maximum atomic E-state index is 16.3. The van der Waals surface area contributed by atoms with Gasteiger partial charge in [0.2, 0.25) is 5.67 Å². The number of halogens is 3. The molecule has 4 nitrogen and oxygen atoms in total. The molecule has 172 valence electrons. The van der Waals surface area contributed by atoms with Gasteiger partial charge in [0.1, 0.15) is 11.9 Å². The number of ether oxygens (including phenoxy) is 1. The molecule has 1 fully saturated rings. The van der Waals surface area contributed by atoms with Crippen LogP contribution in [0.3, 0.4) is 0 Å². The van der Waals surface area contributed by atoms with Gasteiger partial charge >= 0.3 is 5.97 Å². The summed E-state index contributed by atoms with van der Waals surface area (Å²) in [5.74, 6) is -3.28. The summed E-state index contributed by atoms with van der Waals surface area (Å²) in [6, 6.07) is 18.8. The minimum absolute atomic E-state index is 0.0953. The second-order valence-corrected chi connectivity index (χ2v) is 8.78. The van der Waals surface area contributed by atoms with Crippen LogP contribution in [0.25, 0.3) is 0 Å². The summed E-state index contributed by atoms with van der Waals surface area (Å²) in [7, 11) is 0. The van der Waals surface area contributed by atoms with Crippen molar-refractivity contribution in [1.29, 1.82) is 0 Å². The molecule has 0 aromatic heterocycles. The van der Waals surface area contributed by atoms with Crippen LogP contribution in [0.15, 0.2) is 72.8 Å². The Morgan fingerprint density at radius 3 is 2.36 bits per heavy atom. The molecule has 0 radical (unpaired) electrons. The highest BCUT2D eigenvalue weighted by atomic mass is 35.5. The summed E-state index contributed by atoms with van der Waals surface area (Å²) in [4.78, 5) is 12.2. The molecule has 0 saturated heterocycles. The summed E-state index contributed by atoms with van der Waals surface area (Å²) in [6.45, 7) is 0. The number of carboxylic acids is 1. The first-order valence-corrected chi connectivity index (χ1v) is 11.0. The molecule has 1 aliphatic rings. The summed E-state index contributed by atoms with van der Waals surface area (Å²) in [5, 5.41) is 21.2. The van der Waals surface area contributed by atoms with Crippen molar-refractivity contribution < 1.29 is 28.5 Å². The molecule has 0 aliphatic heterocycles. The number of hydrogen-bond donors (Lipinski definition) is 2. The van der Waals surface area contributed by atoms with E-state index in [0.717, 1.165) is 6.07 Å². The molecule has 3 aromatic carbocycles. The summed E-state index contributed by atoms with van der Waals surface area (Å²) >= 11 is 5.94. The van der Waals surface area contributed by atoms with Crippen molar-refractivity contribution in [3.8, 4) is 11.5 Å². The Balaban J connectivity index is 1.62. The van der Waals surface area contributed by atoms with Gasteiger partial charge in [-0.1, -0.05) is 48.0 Å². The predicted molar refractivity (Wildman–Crippen MR) is 121 cm³/mol. The number of aliphatic hydroxyl groups is 1. The summed E-state index contributed by atoms with van der Waals surface area (Å²) < 4.78 is 36.1. The Labute approximate surface area is 195 Å². The van der Waals surface area contributed by atoms with Crippen LogP contribution < -0.4 is 4.74 Å². The second kappa shape index (κ2) is 9.49. The van der Waals surface area contributed by atoms with E-state index < -0.39 is 29.5 Å². The van der Waals surface area contributed by atoms with E-state index in [0.29, 0.717) is 34.7 Å². The first-order valence-electron chi connectivity index (χ1n) is 10.7. The van der Waals surface area contributed by atoms with E-state index in [9.17, 15) is 19.4 Å². The number of hydrogen-bond acceptors (Lipinski definition) is 3. The molecular formula is C26H23ClF2O4. The van der Waals surface area contributed by atoms with Gasteiger partial charge in [-0.05, 0) is 66.3 Å². The normalized spacial score (nSPS) is 17.1. The van der Waals surface area contributed by atoms with Gasteiger partial charge in [-0.3, -0.25) is 0 Å². The predicted octanol–water partition coefficient (Wildman–Crippen LogP) is 6.16. The van der Waals surface area contributed by atoms with Crippen LogP contribution in [0.4, 0.5) is 8.78 Å². The zero-order valence-corrected chi connectivity index (χ0v) is 18.4. The minimum atomic E-state index is -2.94. The highest BCUT2D eigenvalue weighted by Gasteiger charge is 2.57. The van der Waals surface area contributed by atoms with Gasteiger partial charge in [0.15, 0.2) is 11.6 Å². The largest absolute Gasteiger partial charge is 0.479 e. The third-order valence-electron chi connectivity index (χ3n) is 5.98. The molecule has 1 saturated carbocycles. The van der Waals surface area contributed by atoms with Crippen LogP contribution in [-0.2, 0) is 11.2 Å². The third-order valence-corrected chi connectivity index (χ3v) is 6.24. The lowest BCUT2D eigenvalue weighted by Gasteiger charge is -2.35. The number of para-hydroxylation sites is 1. The molecule has 33 heavy (non-hydrogen) atoms. The van der Waals surface area contributed by atoms with Crippen LogP contribution in [0.1, 0.15) is 29.9 Å². The number of carbonyl (C=O) groups is 1. The van der Waals surface area contributed by atoms with E-state index in [2.05, 4.69) is 0 Å². The standard InChI is InChI=1S/C26H23ClF2O4/c27-19-11-9-18(10-12-19)24(17-7-8-17)26(29,25(31)32)23(30)15-16-6-13-21(28)22(14-16)33-20-4-2-1-3-5-20/h1-6,9-14,17,23-24,30H,7-8,15H2,(H,31,32)/t23-,24-,26+/m1/s1. The molecule has 4 rings (SSSR count). The van der Waals surface area contributed by atoms with Crippen molar-refractivity contribution >= 4 is 17.6 Å². The smallest absolute Gasteiger partial charge is 0.344 e. The Bertz CT molecular complexity index is 1120. The lowest BCUT2D eigenvalue weighted by Crippen LogP contribution is -2.52. The zero-order valence-electron chi connectivity index (χ0n) is 17.6. The lowest BCUT2D eigenvalue weighted by molar-refractivity contribution is -0.163. The Hall–Kier alpha value is -2.96. The molecular weight excluding hydrogens is 450 g/mol. The monoisotopic (exact) mass is 472 g/mol. The van der Waals surface area contributed by atoms with Crippen LogP contribution in [0, 0.1) is 11.7 Å². The molecule has 3 atom stereocenters. The number of carboxylic acid groups (broad SMARTS) is 1. The van der Waals surface area contributed by atoms with Gasteiger partial charge in [0.25, 0.3) is 0 Å². The number of rotatable bonds is 9. The maximum Gasteiger partial charge on any atom is 0.344 e. The van der Waals surface area contributed by atoms with Gasteiger partial charge < -0.3 is 14.9 Å². The molecule has 0 heterocycles. The van der Waals surface area contributed by atoms with Crippen molar-refractivity contribution in [2.75, 3.05) is 0 Å². The Morgan fingerprint density at radius 1 is 1.09 bits per heavy atom. The number of benzene rings is 3. The molecule has 0 amide bonds. The molecule has 0 spiro atoms. The van der Waals surface area contributed by atoms with Crippen LogP contribution in [0.2, 0.25) is 5.02 Å². The summed E-state index contributed by atoms with van der Waals surface area (Å²) in [6.07, 6.45) is -0.855. The molecule has 3 aromatic rings. The second-order valence-electron chi connectivity index (χ2n) is 8.34. The van der Waals surface area contributed by atoms with Crippen molar-refractivity contribution in [1.82, 2.24) is 0 Å². The van der Waals surface area contributed by atoms with Gasteiger partial charge in [-0.15, -0.1) is 0 Å². The van der Waals surface area contributed by atoms with E-state index in [1.54, 1.807) is 54.6 Å². The maximum absolute atomic E-state index is 16.3. The first kappa shape index (κ1) is 23.2. The van der Waals surface area contributed by atoms with Gasteiger partial charge in [-0.2, -0.15) is 0 Å². The van der Waals surface area contributed by atoms with E-state index >= 15 is 4.39 Å². The van der Waals surface area contributed by atoms with E-state index in [1.165, 1.54) is 12.1 Å². The zero-order chi connectivity index (χ0) is 23.6. The van der Waals surface area contributed by atoms with E-state index in [-0.39, 0.29) is 18.1 Å². The van der Waals surface area contributed by atoms with Crippen molar-refractivity contribution in [3.63, 3.8) is 0 Å². The minimum Gasteiger partial charge on any atom is -0.479 e.